The van der Waals surface area contributed by atoms with Crippen LogP contribution in [0.4, 0.5) is 5.82 Å². The number of hydrogen-bond donors (Lipinski definition) is 3. The number of sulfonamides is 1. The van der Waals surface area contributed by atoms with Crippen molar-refractivity contribution in [3.63, 3.8) is 0 Å². The van der Waals surface area contributed by atoms with Gasteiger partial charge >= 0.3 is 0 Å². The third kappa shape index (κ3) is 4.29. The zero-order valence-electron chi connectivity index (χ0n) is 10.9. The van der Waals surface area contributed by atoms with Crippen LogP contribution in [0, 0.1) is 0 Å². The van der Waals surface area contributed by atoms with Crippen LogP contribution in [-0.2, 0) is 14.8 Å². The van der Waals surface area contributed by atoms with E-state index in [9.17, 15) is 8.42 Å². The number of anilines is 1. The smallest absolute Gasteiger partial charge is 0.242 e. The number of nitrogens with one attached hydrogen (secondary N) is 2. The standard InChI is InChI=1S/C10H17ClN4O3S/c1-10(2,6-18-3)15-19(16,17)7-4-8(11)9(14-12)13-5-7/h4-5,15H,6,12H2,1-3H3,(H,13,14). The maximum Gasteiger partial charge on any atom is 0.242 e. The Kier molecular flexibility index (Phi) is 5.11. The number of methoxy groups -OCH3 is 1. The minimum atomic E-state index is -3.73. The highest BCUT2D eigenvalue weighted by Gasteiger charge is 2.26. The molecule has 1 aromatic rings. The first-order valence-corrected chi connectivity index (χ1v) is 7.23. The minimum Gasteiger partial charge on any atom is -0.383 e. The predicted molar refractivity (Wildman–Crippen MR) is 73.3 cm³/mol. The van der Waals surface area contributed by atoms with Gasteiger partial charge in [0.1, 0.15) is 4.90 Å². The van der Waals surface area contributed by atoms with Gasteiger partial charge in [0.25, 0.3) is 0 Å². The molecule has 0 spiro atoms. The topological polar surface area (TPSA) is 106 Å². The highest BCUT2D eigenvalue weighted by atomic mass is 35.5. The van der Waals surface area contributed by atoms with Gasteiger partial charge in [0.05, 0.1) is 17.2 Å². The molecule has 0 aliphatic heterocycles. The first-order chi connectivity index (χ1) is 8.72. The van der Waals surface area contributed by atoms with Gasteiger partial charge in [-0.1, -0.05) is 11.6 Å². The Morgan fingerprint density at radius 2 is 2.16 bits per heavy atom. The van der Waals surface area contributed by atoms with E-state index in [1.807, 2.05) is 0 Å². The summed E-state index contributed by atoms with van der Waals surface area (Å²) in [5, 5.41) is 0.120. The first-order valence-electron chi connectivity index (χ1n) is 5.37. The normalized spacial score (nSPS) is 12.5. The summed E-state index contributed by atoms with van der Waals surface area (Å²) in [4.78, 5) is 3.78. The molecule has 0 bridgehead atoms. The Hall–Kier alpha value is -0.930. The molecule has 0 saturated heterocycles. The van der Waals surface area contributed by atoms with E-state index in [0.717, 1.165) is 0 Å². The lowest BCUT2D eigenvalue weighted by Gasteiger charge is -2.24. The van der Waals surface area contributed by atoms with Gasteiger partial charge in [-0.2, -0.15) is 0 Å². The van der Waals surface area contributed by atoms with Crippen molar-refractivity contribution in [1.29, 1.82) is 0 Å². The third-order valence-corrected chi connectivity index (χ3v) is 4.13. The molecular formula is C10H17ClN4O3S. The Balaban J connectivity index is 3.04. The fraction of sp³-hybridized carbons (Fsp3) is 0.500. The molecule has 0 aromatic carbocycles. The van der Waals surface area contributed by atoms with Gasteiger partial charge in [0.2, 0.25) is 10.0 Å². The van der Waals surface area contributed by atoms with Crippen molar-refractivity contribution in [2.75, 3.05) is 19.1 Å². The summed E-state index contributed by atoms with van der Waals surface area (Å²) < 4.78 is 31.8. The van der Waals surface area contributed by atoms with E-state index in [2.05, 4.69) is 15.1 Å². The Bertz CT molecular complexity index is 548. The summed E-state index contributed by atoms with van der Waals surface area (Å²) in [6.45, 7) is 3.65. The van der Waals surface area contributed by atoms with Crippen molar-refractivity contribution in [2.24, 2.45) is 5.84 Å². The summed E-state index contributed by atoms with van der Waals surface area (Å²) in [6.07, 6.45) is 1.17. The van der Waals surface area contributed by atoms with Crippen molar-refractivity contribution in [2.45, 2.75) is 24.3 Å². The molecule has 19 heavy (non-hydrogen) atoms. The molecule has 0 aliphatic carbocycles. The zero-order chi connectivity index (χ0) is 14.7. The number of nitrogen functional groups attached to an aromatic ring is 1. The van der Waals surface area contributed by atoms with Gasteiger partial charge in [-0.3, -0.25) is 0 Å². The quantitative estimate of drug-likeness (QED) is 0.528. The molecule has 0 atom stereocenters. The fourth-order valence-electron chi connectivity index (χ4n) is 1.49. The second kappa shape index (κ2) is 6.02. The SMILES string of the molecule is COCC(C)(C)NS(=O)(=O)c1cnc(NN)c(Cl)c1. The van der Waals surface area contributed by atoms with E-state index >= 15 is 0 Å². The van der Waals surface area contributed by atoms with Gasteiger partial charge in [0.15, 0.2) is 5.82 Å². The van der Waals surface area contributed by atoms with Crippen LogP contribution in [0.3, 0.4) is 0 Å². The Morgan fingerprint density at radius 1 is 1.53 bits per heavy atom. The molecule has 0 fully saturated rings. The number of aromatic nitrogens is 1. The van der Waals surface area contributed by atoms with Crippen LogP contribution in [0.25, 0.3) is 0 Å². The molecular weight excluding hydrogens is 292 g/mol. The number of nitrogens with zero attached hydrogens (tertiary/aromatic N) is 1. The molecule has 7 nitrogen and oxygen atoms in total. The predicted octanol–water partition coefficient (Wildman–Crippen LogP) is 0.724. The molecule has 0 radical (unpaired) electrons. The first kappa shape index (κ1) is 16.1. The van der Waals surface area contributed by atoms with Gasteiger partial charge in [-0.05, 0) is 19.9 Å². The van der Waals surface area contributed by atoms with Gasteiger partial charge in [0, 0.05) is 13.3 Å². The number of nitrogens with two attached hydrogens (primary N) is 1. The lowest BCUT2D eigenvalue weighted by Crippen LogP contribution is -2.46. The van der Waals surface area contributed by atoms with Gasteiger partial charge in [-0.25, -0.2) is 24.0 Å². The monoisotopic (exact) mass is 308 g/mol. The average molecular weight is 309 g/mol. The highest BCUT2D eigenvalue weighted by molar-refractivity contribution is 7.89. The Labute approximate surface area is 117 Å². The van der Waals surface area contributed by atoms with Crippen molar-refractivity contribution >= 4 is 27.4 Å². The molecule has 1 heterocycles. The summed E-state index contributed by atoms with van der Waals surface area (Å²) in [5.74, 6) is 5.38. The maximum atomic E-state index is 12.2. The highest BCUT2D eigenvalue weighted by Crippen LogP contribution is 2.22. The van der Waals surface area contributed by atoms with Crippen molar-refractivity contribution in [3.8, 4) is 0 Å². The van der Waals surface area contributed by atoms with Crippen molar-refractivity contribution in [3.05, 3.63) is 17.3 Å². The van der Waals surface area contributed by atoms with Crippen LogP contribution in [-0.4, -0.2) is 32.7 Å². The van der Waals surface area contributed by atoms with Crippen LogP contribution >= 0.6 is 11.6 Å². The average Bonchev–Trinajstić information content (AvgIpc) is 2.27. The van der Waals surface area contributed by atoms with Crippen LogP contribution in [0.15, 0.2) is 17.2 Å². The maximum absolute atomic E-state index is 12.2. The lowest BCUT2D eigenvalue weighted by molar-refractivity contribution is 0.141. The molecule has 1 rings (SSSR count). The molecule has 0 aliphatic rings. The van der Waals surface area contributed by atoms with E-state index in [1.165, 1.54) is 19.4 Å². The molecule has 0 unspecified atom stereocenters. The van der Waals surface area contributed by atoms with E-state index < -0.39 is 15.6 Å². The third-order valence-electron chi connectivity index (χ3n) is 2.18. The van der Waals surface area contributed by atoms with Gasteiger partial charge in [-0.15, -0.1) is 0 Å². The van der Waals surface area contributed by atoms with E-state index in [-0.39, 0.29) is 22.3 Å². The number of hydrazine groups is 1. The largest absolute Gasteiger partial charge is 0.383 e. The van der Waals surface area contributed by atoms with Crippen LogP contribution in [0.1, 0.15) is 13.8 Å². The van der Waals surface area contributed by atoms with Gasteiger partial charge < -0.3 is 10.2 Å². The lowest BCUT2D eigenvalue weighted by atomic mass is 10.1. The number of hydrogen-bond acceptors (Lipinski definition) is 6. The summed E-state index contributed by atoms with van der Waals surface area (Å²) in [7, 11) is -2.24. The van der Waals surface area contributed by atoms with E-state index in [1.54, 1.807) is 13.8 Å². The summed E-state index contributed by atoms with van der Waals surface area (Å²) in [6, 6.07) is 1.27. The molecule has 0 amide bonds. The van der Waals surface area contributed by atoms with E-state index in [0.29, 0.717) is 0 Å². The molecule has 4 N–H and O–H groups in total. The minimum absolute atomic E-state index is 0.0410. The number of rotatable bonds is 6. The number of ether oxygens (including phenoxy) is 1. The molecule has 1 aromatic heterocycles. The second-order valence-corrected chi connectivity index (χ2v) is 6.66. The van der Waals surface area contributed by atoms with Crippen molar-refractivity contribution in [1.82, 2.24) is 9.71 Å². The van der Waals surface area contributed by atoms with Crippen LogP contribution in [0.5, 0.6) is 0 Å². The van der Waals surface area contributed by atoms with Crippen LogP contribution in [0.2, 0.25) is 5.02 Å². The molecule has 0 saturated carbocycles. The fourth-order valence-corrected chi connectivity index (χ4v) is 3.14. The summed E-state index contributed by atoms with van der Waals surface area (Å²) in [5.41, 5.74) is 1.52. The van der Waals surface area contributed by atoms with Crippen LogP contribution < -0.4 is 16.0 Å². The molecule has 108 valence electrons. The van der Waals surface area contributed by atoms with Crippen molar-refractivity contribution < 1.29 is 13.2 Å². The number of halogens is 1. The number of pyridine rings is 1. The van der Waals surface area contributed by atoms with E-state index in [4.69, 9.17) is 22.2 Å². The zero-order valence-corrected chi connectivity index (χ0v) is 12.5. The summed E-state index contributed by atoms with van der Waals surface area (Å²) >= 11 is 5.85. The second-order valence-electron chi connectivity index (χ2n) is 4.57. The molecule has 9 heteroatoms. The Morgan fingerprint density at radius 3 is 2.63 bits per heavy atom.